The highest BCUT2D eigenvalue weighted by molar-refractivity contribution is 5.94. The van der Waals surface area contributed by atoms with E-state index in [4.69, 9.17) is 4.74 Å². The molecule has 0 fully saturated rings. The molecular weight excluding hydrogens is 282 g/mol. The maximum absolute atomic E-state index is 11.9. The summed E-state index contributed by atoms with van der Waals surface area (Å²) in [4.78, 5) is 23.0. The van der Waals surface area contributed by atoms with Crippen LogP contribution in [0.4, 0.5) is 16.2 Å². The minimum atomic E-state index is -0.283. The smallest absolute Gasteiger partial charge is 0.319 e. The number of methoxy groups -OCH3 is 1. The van der Waals surface area contributed by atoms with Crippen LogP contribution in [-0.4, -0.2) is 25.6 Å². The summed E-state index contributed by atoms with van der Waals surface area (Å²) in [7, 11) is 1.53. The first kappa shape index (κ1) is 17.8. The number of hydrogen-bond donors (Lipinski definition) is 3. The van der Waals surface area contributed by atoms with E-state index in [-0.39, 0.29) is 11.9 Å². The summed E-state index contributed by atoms with van der Waals surface area (Å²) in [6.45, 7) is 4.22. The first-order valence-corrected chi connectivity index (χ1v) is 7.57. The van der Waals surface area contributed by atoms with Crippen LogP contribution >= 0.6 is 0 Å². The predicted molar refractivity (Wildman–Crippen MR) is 88.5 cm³/mol. The molecule has 0 atom stereocenters. The van der Waals surface area contributed by atoms with Crippen LogP contribution in [0.25, 0.3) is 0 Å². The summed E-state index contributed by atoms with van der Waals surface area (Å²) in [5.41, 5.74) is 1.12. The van der Waals surface area contributed by atoms with E-state index in [0.717, 1.165) is 12.8 Å². The summed E-state index contributed by atoms with van der Waals surface area (Å²) >= 11 is 0. The highest BCUT2D eigenvalue weighted by atomic mass is 16.5. The second-order valence-electron chi connectivity index (χ2n) is 5.04. The van der Waals surface area contributed by atoms with Gasteiger partial charge in [-0.1, -0.05) is 26.2 Å². The molecule has 0 aromatic heterocycles. The van der Waals surface area contributed by atoms with E-state index in [1.807, 2.05) is 0 Å². The van der Waals surface area contributed by atoms with Crippen LogP contribution in [-0.2, 0) is 4.79 Å². The third kappa shape index (κ3) is 6.47. The molecule has 0 saturated heterocycles. The molecule has 0 radical (unpaired) electrons. The van der Waals surface area contributed by atoms with E-state index in [2.05, 4.69) is 22.9 Å². The van der Waals surface area contributed by atoms with Crippen molar-refractivity contribution in [2.75, 3.05) is 24.3 Å². The van der Waals surface area contributed by atoms with Crippen molar-refractivity contribution in [2.45, 2.75) is 39.5 Å². The molecule has 0 aliphatic carbocycles. The summed E-state index contributed by atoms with van der Waals surface area (Å²) < 4.78 is 5.21. The van der Waals surface area contributed by atoms with E-state index >= 15 is 0 Å². The number of carbonyl (C=O) groups excluding carboxylic acids is 2. The van der Waals surface area contributed by atoms with Gasteiger partial charge in [0.25, 0.3) is 0 Å². The molecule has 1 aromatic carbocycles. The fourth-order valence-corrected chi connectivity index (χ4v) is 2.01. The van der Waals surface area contributed by atoms with Crippen LogP contribution in [0.1, 0.15) is 39.5 Å². The van der Waals surface area contributed by atoms with Gasteiger partial charge in [0.1, 0.15) is 5.75 Å². The number of nitrogens with one attached hydrogen (secondary N) is 3. The summed E-state index contributed by atoms with van der Waals surface area (Å²) in [5.74, 6) is 0.367. The Hall–Kier alpha value is -2.24. The lowest BCUT2D eigenvalue weighted by Crippen LogP contribution is -2.29. The highest BCUT2D eigenvalue weighted by Gasteiger charge is 2.08. The van der Waals surface area contributed by atoms with Gasteiger partial charge in [0.05, 0.1) is 12.8 Å². The van der Waals surface area contributed by atoms with E-state index in [0.29, 0.717) is 23.7 Å². The Morgan fingerprint density at radius 1 is 1.14 bits per heavy atom. The van der Waals surface area contributed by atoms with Gasteiger partial charge in [-0.15, -0.1) is 0 Å². The molecule has 6 nitrogen and oxygen atoms in total. The first-order chi connectivity index (χ1) is 10.6. The van der Waals surface area contributed by atoms with Crippen LogP contribution in [0.2, 0.25) is 0 Å². The standard InChI is InChI=1S/C16H25N3O3/c1-4-5-6-7-10-17-16(21)19-14-11-13(18-12(2)20)8-9-15(14)22-3/h8-9,11H,4-7,10H2,1-3H3,(H,18,20)(H2,17,19,21). The van der Waals surface area contributed by atoms with Crippen molar-refractivity contribution in [2.24, 2.45) is 0 Å². The zero-order valence-corrected chi connectivity index (χ0v) is 13.5. The zero-order valence-electron chi connectivity index (χ0n) is 13.5. The lowest BCUT2D eigenvalue weighted by Gasteiger charge is -2.13. The highest BCUT2D eigenvalue weighted by Crippen LogP contribution is 2.27. The molecule has 22 heavy (non-hydrogen) atoms. The van der Waals surface area contributed by atoms with Crippen molar-refractivity contribution in [1.29, 1.82) is 0 Å². The van der Waals surface area contributed by atoms with E-state index in [1.54, 1.807) is 18.2 Å². The maximum Gasteiger partial charge on any atom is 0.319 e. The molecule has 6 heteroatoms. The minimum Gasteiger partial charge on any atom is -0.495 e. The normalized spacial score (nSPS) is 9.95. The maximum atomic E-state index is 11.9. The molecule has 0 unspecified atom stereocenters. The van der Waals surface area contributed by atoms with Crippen LogP contribution in [0.15, 0.2) is 18.2 Å². The fourth-order valence-electron chi connectivity index (χ4n) is 2.01. The lowest BCUT2D eigenvalue weighted by atomic mass is 10.2. The van der Waals surface area contributed by atoms with Crippen molar-refractivity contribution >= 4 is 23.3 Å². The van der Waals surface area contributed by atoms with Crippen LogP contribution in [0, 0.1) is 0 Å². The zero-order chi connectivity index (χ0) is 16.4. The van der Waals surface area contributed by atoms with E-state index in [9.17, 15) is 9.59 Å². The molecule has 0 aliphatic heterocycles. The van der Waals surface area contributed by atoms with Gasteiger partial charge in [0, 0.05) is 19.2 Å². The summed E-state index contributed by atoms with van der Waals surface area (Å²) in [5, 5.41) is 8.22. The fraction of sp³-hybridized carbons (Fsp3) is 0.500. The van der Waals surface area contributed by atoms with Gasteiger partial charge >= 0.3 is 6.03 Å². The average molecular weight is 307 g/mol. The molecule has 1 aromatic rings. The quantitative estimate of drug-likeness (QED) is 0.644. The Kier molecular flexibility index (Phi) is 7.81. The largest absolute Gasteiger partial charge is 0.495 e. The molecule has 0 aliphatic rings. The van der Waals surface area contributed by atoms with Crippen LogP contribution < -0.4 is 20.7 Å². The number of anilines is 2. The monoisotopic (exact) mass is 307 g/mol. The number of carbonyl (C=O) groups is 2. The second kappa shape index (κ2) is 9.65. The topological polar surface area (TPSA) is 79.5 Å². The molecule has 3 amide bonds. The SMILES string of the molecule is CCCCCCNC(=O)Nc1cc(NC(C)=O)ccc1OC. The van der Waals surface area contributed by atoms with Gasteiger partial charge in [-0.25, -0.2) is 4.79 Å². The molecule has 0 saturated carbocycles. The van der Waals surface area contributed by atoms with Crippen molar-refractivity contribution in [3.63, 3.8) is 0 Å². The second-order valence-corrected chi connectivity index (χ2v) is 5.04. The number of unbranched alkanes of at least 4 members (excludes halogenated alkanes) is 3. The predicted octanol–water partition coefficient (Wildman–Crippen LogP) is 3.36. The van der Waals surface area contributed by atoms with Crippen molar-refractivity contribution in [3.8, 4) is 5.75 Å². The van der Waals surface area contributed by atoms with Crippen molar-refractivity contribution in [3.05, 3.63) is 18.2 Å². The third-order valence-electron chi connectivity index (χ3n) is 3.08. The minimum absolute atomic E-state index is 0.170. The Labute approximate surface area is 131 Å². The Balaban J connectivity index is 2.58. The lowest BCUT2D eigenvalue weighted by molar-refractivity contribution is -0.114. The Morgan fingerprint density at radius 3 is 2.55 bits per heavy atom. The third-order valence-corrected chi connectivity index (χ3v) is 3.08. The average Bonchev–Trinajstić information content (AvgIpc) is 2.46. The molecule has 1 rings (SSSR count). The summed E-state index contributed by atoms with van der Waals surface area (Å²) in [6, 6.07) is 4.79. The number of hydrogen-bond acceptors (Lipinski definition) is 3. The van der Waals surface area contributed by atoms with Crippen molar-refractivity contribution < 1.29 is 14.3 Å². The Bertz CT molecular complexity index is 503. The van der Waals surface area contributed by atoms with Crippen LogP contribution in [0.3, 0.4) is 0 Å². The molecule has 122 valence electrons. The number of amides is 3. The van der Waals surface area contributed by atoms with E-state index < -0.39 is 0 Å². The van der Waals surface area contributed by atoms with Crippen molar-refractivity contribution in [1.82, 2.24) is 5.32 Å². The van der Waals surface area contributed by atoms with Gasteiger partial charge in [-0.05, 0) is 24.6 Å². The summed E-state index contributed by atoms with van der Waals surface area (Å²) in [6.07, 6.45) is 4.41. The van der Waals surface area contributed by atoms with Gasteiger partial charge in [-0.2, -0.15) is 0 Å². The molecule has 0 bridgehead atoms. The molecule has 0 spiro atoms. The Morgan fingerprint density at radius 2 is 1.91 bits per heavy atom. The number of ether oxygens (including phenoxy) is 1. The van der Waals surface area contributed by atoms with Crippen LogP contribution in [0.5, 0.6) is 5.75 Å². The number of urea groups is 1. The number of benzene rings is 1. The van der Waals surface area contributed by atoms with Gasteiger partial charge in [0.2, 0.25) is 5.91 Å². The van der Waals surface area contributed by atoms with Gasteiger partial charge < -0.3 is 20.7 Å². The molecule has 3 N–H and O–H groups in total. The molecular formula is C16H25N3O3. The number of rotatable bonds is 8. The molecule has 0 heterocycles. The van der Waals surface area contributed by atoms with Gasteiger partial charge in [0.15, 0.2) is 0 Å². The van der Waals surface area contributed by atoms with Gasteiger partial charge in [-0.3, -0.25) is 4.79 Å². The first-order valence-electron chi connectivity index (χ1n) is 7.57. The van der Waals surface area contributed by atoms with E-state index in [1.165, 1.54) is 26.9 Å².